The SMILES string of the molecule is CC(C)C(C)NC(=O)CS(=O)c1cc(C(=O)O)ccc1F. The van der Waals surface area contributed by atoms with E-state index in [1.807, 2.05) is 20.8 Å². The fraction of sp³-hybridized carbons (Fsp3) is 0.429. The smallest absolute Gasteiger partial charge is 0.335 e. The summed E-state index contributed by atoms with van der Waals surface area (Å²) in [5.41, 5.74) is -0.171. The summed E-state index contributed by atoms with van der Waals surface area (Å²) in [5.74, 6) is -2.69. The van der Waals surface area contributed by atoms with Gasteiger partial charge in [0.1, 0.15) is 11.6 Å². The molecule has 0 aliphatic rings. The first kappa shape index (κ1) is 17.3. The van der Waals surface area contributed by atoms with E-state index in [0.717, 1.165) is 18.2 Å². The molecule has 1 rings (SSSR count). The number of carboxylic acids is 1. The Balaban J connectivity index is 2.82. The van der Waals surface area contributed by atoms with Gasteiger partial charge >= 0.3 is 5.97 Å². The van der Waals surface area contributed by atoms with Crippen molar-refractivity contribution in [2.45, 2.75) is 31.7 Å². The van der Waals surface area contributed by atoms with Crippen LogP contribution in [-0.4, -0.2) is 33.0 Å². The largest absolute Gasteiger partial charge is 0.478 e. The highest BCUT2D eigenvalue weighted by Gasteiger charge is 2.18. The summed E-state index contributed by atoms with van der Waals surface area (Å²) in [6, 6.07) is 2.92. The van der Waals surface area contributed by atoms with Gasteiger partial charge in [-0.05, 0) is 31.0 Å². The quantitative estimate of drug-likeness (QED) is 0.838. The zero-order valence-corrected chi connectivity index (χ0v) is 12.9. The Morgan fingerprint density at radius 1 is 1.33 bits per heavy atom. The second-order valence-electron chi connectivity index (χ2n) is 5.04. The number of rotatable bonds is 6. The molecule has 5 nitrogen and oxygen atoms in total. The van der Waals surface area contributed by atoms with Gasteiger partial charge in [-0.25, -0.2) is 9.18 Å². The van der Waals surface area contributed by atoms with E-state index in [-0.39, 0.29) is 22.4 Å². The number of nitrogens with one attached hydrogen (secondary N) is 1. The van der Waals surface area contributed by atoms with Gasteiger partial charge in [0.15, 0.2) is 0 Å². The van der Waals surface area contributed by atoms with Crippen LogP contribution >= 0.6 is 0 Å². The molecule has 0 aliphatic heterocycles. The molecule has 7 heteroatoms. The molecular weight excluding hydrogens is 297 g/mol. The van der Waals surface area contributed by atoms with Crippen LogP contribution in [0.3, 0.4) is 0 Å². The molecule has 0 saturated heterocycles. The Kier molecular flexibility index (Phi) is 6.02. The minimum Gasteiger partial charge on any atom is -0.478 e. The van der Waals surface area contributed by atoms with Crippen molar-refractivity contribution < 1.29 is 23.3 Å². The molecule has 1 aromatic rings. The lowest BCUT2D eigenvalue weighted by Crippen LogP contribution is -2.38. The normalized spacial score (nSPS) is 13.8. The lowest BCUT2D eigenvalue weighted by Gasteiger charge is -2.17. The minimum atomic E-state index is -1.93. The highest BCUT2D eigenvalue weighted by atomic mass is 32.2. The van der Waals surface area contributed by atoms with E-state index in [4.69, 9.17) is 5.11 Å². The molecule has 0 bridgehead atoms. The van der Waals surface area contributed by atoms with E-state index in [1.165, 1.54) is 0 Å². The van der Waals surface area contributed by atoms with Crippen LogP contribution in [0.4, 0.5) is 4.39 Å². The number of hydrogen-bond donors (Lipinski definition) is 2. The third-order valence-corrected chi connectivity index (χ3v) is 4.40. The van der Waals surface area contributed by atoms with E-state index in [9.17, 15) is 18.2 Å². The maximum Gasteiger partial charge on any atom is 0.335 e. The Labute approximate surface area is 125 Å². The fourth-order valence-electron chi connectivity index (χ4n) is 1.47. The number of hydrogen-bond acceptors (Lipinski definition) is 3. The summed E-state index contributed by atoms with van der Waals surface area (Å²) >= 11 is 0. The van der Waals surface area contributed by atoms with E-state index in [2.05, 4.69) is 5.32 Å². The van der Waals surface area contributed by atoms with Crippen molar-refractivity contribution in [1.82, 2.24) is 5.32 Å². The molecule has 1 aromatic carbocycles. The zero-order valence-electron chi connectivity index (χ0n) is 12.1. The topological polar surface area (TPSA) is 83.5 Å². The Morgan fingerprint density at radius 2 is 1.95 bits per heavy atom. The van der Waals surface area contributed by atoms with E-state index < -0.39 is 34.2 Å². The lowest BCUT2D eigenvalue weighted by molar-refractivity contribution is -0.119. The lowest BCUT2D eigenvalue weighted by atomic mass is 10.1. The number of amides is 1. The van der Waals surface area contributed by atoms with Crippen LogP contribution in [0.25, 0.3) is 0 Å². The van der Waals surface area contributed by atoms with Crippen molar-refractivity contribution in [2.75, 3.05) is 5.75 Å². The molecule has 0 radical (unpaired) electrons. The molecular formula is C14H18FNO4S. The van der Waals surface area contributed by atoms with Gasteiger partial charge in [0.25, 0.3) is 0 Å². The molecule has 2 unspecified atom stereocenters. The van der Waals surface area contributed by atoms with Crippen LogP contribution in [0.5, 0.6) is 0 Å². The highest BCUT2D eigenvalue weighted by molar-refractivity contribution is 7.85. The average Bonchev–Trinajstić information content (AvgIpc) is 2.38. The number of aromatic carboxylic acids is 1. The van der Waals surface area contributed by atoms with Crippen LogP contribution in [0.15, 0.2) is 23.1 Å². The fourth-order valence-corrected chi connectivity index (χ4v) is 2.49. The van der Waals surface area contributed by atoms with E-state index >= 15 is 0 Å². The second-order valence-corrected chi connectivity index (χ2v) is 6.46. The first-order valence-electron chi connectivity index (χ1n) is 6.43. The predicted octanol–water partition coefficient (Wildman–Crippen LogP) is 1.79. The molecule has 0 spiro atoms. The van der Waals surface area contributed by atoms with Crippen molar-refractivity contribution in [3.63, 3.8) is 0 Å². The van der Waals surface area contributed by atoms with Gasteiger partial charge in [-0.15, -0.1) is 0 Å². The molecule has 0 saturated carbocycles. The number of carbonyl (C=O) groups is 2. The van der Waals surface area contributed by atoms with Gasteiger partial charge in [0.05, 0.1) is 21.3 Å². The molecule has 1 amide bonds. The number of halogens is 1. The number of benzene rings is 1. The van der Waals surface area contributed by atoms with Crippen molar-refractivity contribution in [3.8, 4) is 0 Å². The molecule has 0 heterocycles. The van der Waals surface area contributed by atoms with Crippen molar-refractivity contribution in [1.29, 1.82) is 0 Å². The van der Waals surface area contributed by atoms with Crippen LogP contribution < -0.4 is 5.32 Å². The number of carbonyl (C=O) groups excluding carboxylic acids is 1. The van der Waals surface area contributed by atoms with Crippen molar-refractivity contribution in [2.24, 2.45) is 5.92 Å². The first-order chi connectivity index (χ1) is 9.72. The monoisotopic (exact) mass is 315 g/mol. The van der Waals surface area contributed by atoms with Crippen LogP contribution in [-0.2, 0) is 15.6 Å². The summed E-state index contributed by atoms with van der Waals surface area (Å²) in [6.07, 6.45) is 0. The van der Waals surface area contributed by atoms with Crippen molar-refractivity contribution in [3.05, 3.63) is 29.6 Å². The predicted molar refractivity (Wildman–Crippen MR) is 77.1 cm³/mol. The van der Waals surface area contributed by atoms with Gasteiger partial charge < -0.3 is 10.4 Å². The molecule has 116 valence electrons. The summed E-state index contributed by atoms with van der Waals surface area (Å²) in [4.78, 5) is 22.3. The highest BCUT2D eigenvalue weighted by Crippen LogP contribution is 2.15. The van der Waals surface area contributed by atoms with Gasteiger partial charge in [-0.1, -0.05) is 13.8 Å². The van der Waals surface area contributed by atoms with Crippen LogP contribution in [0, 0.1) is 11.7 Å². The molecule has 2 N–H and O–H groups in total. The number of carboxylic acid groups (broad SMARTS) is 1. The summed E-state index contributed by atoms with van der Waals surface area (Å²) < 4.78 is 25.6. The zero-order chi connectivity index (χ0) is 16.2. The third-order valence-electron chi connectivity index (χ3n) is 3.07. The Morgan fingerprint density at radius 3 is 2.48 bits per heavy atom. The van der Waals surface area contributed by atoms with E-state index in [0.29, 0.717) is 0 Å². The van der Waals surface area contributed by atoms with Gasteiger partial charge in [0.2, 0.25) is 5.91 Å². The average molecular weight is 315 g/mol. The third kappa shape index (κ3) is 4.93. The standard InChI is InChI=1S/C14H18FNO4S/c1-8(2)9(3)16-13(17)7-21(20)12-6-10(14(18)19)4-5-11(12)15/h4-6,8-9H,7H2,1-3H3,(H,16,17)(H,18,19). The molecule has 0 fully saturated rings. The second kappa shape index (κ2) is 7.31. The van der Waals surface area contributed by atoms with Crippen molar-refractivity contribution >= 4 is 22.7 Å². The maximum atomic E-state index is 13.6. The van der Waals surface area contributed by atoms with E-state index in [1.54, 1.807) is 0 Å². The van der Waals surface area contributed by atoms with Gasteiger partial charge in [0, 0.05) is 6.04 Å². The molecule has 0 aromatic heterocycles. The Hall–Kier alpha value is -1.76. The van der Waals surface area contributed by atoms with Gasteiger partial charge in [-0.2, -0.15) is 0 Å². The summed E-state index contributed by atoms with van der Waals surface area (Å²) in [7, 11) is -1.93. The molecule has 0 aliphatic carbocycles. The maximum absolute atomic E-state index is 13.6. The minimum absolute atomic E-state index is 0.0929. The molecule has 2 atom stereocenters. The van der Waals surface area contributed by atoms with Crippen LogP contribution in [0.1, 0.15) is 31.1 Å². The first-order valence-corrected chi connectivity index (χ1v) is 7.74. The molecule has 21 heavy (non-hydrogen) atoms. The van der Waals surface area contributed by atoms with Crippen LogP contribution in [0.2, 0.25) is 0 Å². The van der Waals surface area contributed by atoms with Gasteiger partial charge in [-0.3, -0.25) is 9.00 Å². The summed E-state index contributed by atoms with van der Waals surface area (Å²) in [6.45, 7) is 5.67. The summed E-state index contributed by atoms with van der Waals surface area (Å²) in [5, 5.41) is 11.5. The Bertz CT molecular complexity index is 574.